The smallest absolute Gasteiger partial charge is 0.242 e. The van der Waals surface area contributed by atoms with Crippen molar-refractivity contribution in [1.82, 2.24) is 10.0 Å². The van der Waals surface area contributed by atoms with Crippen molar-refractivity contribution in [2.24, 2.45) is 0 Å². The van der Waals surface area contributed by atoms with E-state index in [1.807, 2.05) is 13.0 Å². The van der Waals surface area contributed by atoms with Crippen molar-refractivity contribution in [3.63, 3.8) is 0 Å². The van der Waals surface area contributed by atoms with Crippen LogP contribution in [0.4, 0.5) is 0 Å². The topological polar surface area (TPSA) is 82.0 Å². The van der Waals surface area contributed by atoms with Crippen molar-refractivity contribution in [2.45, 2.75) is 30.2 Å². The van der Waals surface area contributed by atoms with Crippen molar-refractivity contribution in [1.29, 1.82) is 5.26 Å². The van der Waals surface area contributed by atoms with Crippen LogP contribution in [0.5, 0.6) is 0 Å². The summed E-state index contributed by atoms with van der Waals surface area (Å²) in [5, 5.41) is 12.0. The first-order valence-corrected chi connectivity index (χ1v) is 8.17. The molecule has 20 heavy (non-hydrogen) atoms. The van der Waals surface area contributed by atoms with E-state index in [1.165, 1.54) is 18.2 Å². The SMILES string of the molecule is CC1(NS(=O)(=O)c2ccc(C#N)cc2Cl)CCNCC1. The molecule has 1 aliphatic heterocycles. The lowest BCUT2D eigenvalue weighted by atomic mass is 9.92. The summed E-state index contributed by atoms with van der Waals surface area (Å²) < 4.78 is 27.6. The first-order chi connectivity index (χ1) is 9.36. The number of nitrogens with one attached hydrogen (secondary N) is 2. The van der Waals surface area contributed by atoms with Gasteiger partial charge < -0.3 is 5.32 Å². The van der Waals surface area contributed by atoms with E-state index in [-0.39, 0.29) is 9.92 Å². The minimum atomic E-state index is -3.69. The van der Waals surface area contributed by atoms with E-state index in [9.17, 15) is 8.42 Å². The molecule has 1 aromatic rings. The Hall–Kier alpha value is -1.13. The molecule has 1 fully saturated rings. The van der Waals surface area contributed by atoms with Crippen LogP contribution in [0.2, 0.25) is 5.02 Å². The highest BCUT2D eigenvalue weighted by Crippen LogP contribution is 2.26. The van der Waals surface area contributed by atoms with Crippen LogP contribution in [-0.2, 0) is 10.0 Å². The van der Waals surface area contributed by atoms with Crippen LogP contribution in [0, 0.1) is 11.3 Å². The lowest BCUT2D eigenvalue weighted by Crippen LogP contribution is -2.52. The minimum Gasteiger partial charge on any atom is -0.317 e. The van der Waals surface area contributed by atoms with Gasteiger partial charge in [0.1, 0.15) is 4.90 Å². The zero-order chi connectivity index (χ0) is 14.8. The third-order valence-corrected chi connectivity index (χ3v) is 5.56. The maximum Gasteiger partial charge on any atom is 0.242 e. The number of halogens is 1. The van der Waals surface area contributed by atoms with Crippen LogP contribution in [0.1, 0.15) is 25.3 Å². The lowest BCUT2D eigenvalue weighted by Gasteiger charge is -2.34. The average molecular weight is 314 g/mol. The number of piperidine rings is 1. The number of nitriles is 1. The predicted octanol–water partition coefficient (Wildman–Crippen LogP) is 1.63. The Balaban J connectivity index is 2.29. The van der Waals surface area contributed by atoms with Gasteiger partial charge in [-0.1, -0.05) is 11.6 Å². The third-order valence-electron chi connectivity index (χ3n) is 3.44. The molecule has 0 saturated carbocycles. The summed E-state index contributed by atoms with van der Waals surface area (Å²) in [6.45, 7) is 3.45. The average Bonchev–Trinajstić information content (AvgIpc) is 2.37. The molecule has 108 valence electrons. The summed E-state index contributed by atoms with van der Waals surface area (Å²) in [7, 11) is -3.69. The highest BCUT2D eigenvalue weighted by Gasteiger charge is 2.32. The molecule has 0 aromatic heterocycles. The van der Waals surface area contributed by atoms with Gasteiger partial charge in [-0.15, -0.1) is 0 Å². The van der Waals surface area contributed by atoms with Crippen molar-refractivity contribution >= 4 is 21.6 Å². The maximum absolute atomic E-state index is 12.4. The summed E-state index contributed by atoms with van der Waals surface area (Å²) in [5.74, 6) is 0. The van der Waals surface area contributed by atoms with E-state index in [0.717, 1.165) is 25.9 Å². The first kappa shape index (κ1) is 15.3. The van der Waals surface area contributed by atoms with Gasteiger partial charge in [0.15, 0.2) is 0 Å². The number of rotatable bonds is 3. The minimum absolute atomic E-state index is 0.0120. The van der Waals surface area contributed by atoms with Gasteiger partial charge in [-0.05, 0) is 51.1 Å². The molecule has 0 atom stereocenters. The highest BCUT2D eigenvalue weighted by molar-refractivity contribution is 7.89. The molecule has 2 N–H and O–H groups in total. The first-order valence-electron chi connectivity index (χ1n) is 6.31. The molecule has 0 radical (unpaired) electrons. The van der Waals surface area contributed by atoms with Crippen molar-refractivity contribution in [2.75, 3.05) is 13.1 Å². The molecule has 0 unspecified atom stereocenters. The monoisotopic (exact) mass is 313 g/mol. The van der Waals surface area contributed by atoms with Gasteiger partial charge >= 0.3 is 0 Å². The lowest BCUT2D eigenvalue weighted by molar-refractivity contribution is 0.308. The second-order valence-corrected chi connectivity index (χ2v) is 7.23. The third kappa shape index (κ3) is 3.30. The van der Waals surface area contributed by atoms with Gasteiger partial charge in [-0.25, -0.2) is 13.1 Å². The van der Waals surface area contributed by atoms with Crippen LogP contribution in [-0.4, -0.2) is 27.0 Å². The second kappa shape index (κ2) is 5.70. The van der Waals surface area contributed by atoms with Gasteiger partial charge in [-0.3, -0.25) is 0 Å². The summed E-state index contributed by atoms with van der Waals surface area (Å²) in [6, 6.07) is 6.11. The number of hydrogen-bond donors (Lipinski definition) is 2. The molecule has 7 heteroatoms. The molecule has 0 amide bonds. The largest absolute Gasteiger partial charge is 0.317 e. The van der Waals surface area contributed by atoms with E-state index in [0.29, 0.717) is 5.56 Å². The Kier molecular flexibility index (Phi) is 4.35. The molecule has 1 aromatic carbocycles. The van der Waals surface area contributed by atoms with Crippen LogP contribution in [0.15, 0.2) is 23.1 Å². The number of sulfonamides is 1. The fourth-order valence-corrected chi connectivity index (χ4v) is 4.26. The van der Waals surface area contributed by atoms with Crippen molar-refractivity contribution < 1.29 is 8.42 Å². The van der Waals surface area contributed by atoms with E-state index < -0.39 is 15.6 Å². The second-order valence-electron chi connectivity index (χ2n) is 5.17. The van der Waals surface area contributed by atoms with Crippen LogP contribution in [0.3, 0.4) is 0 Å². The fraction of sp³-hybridized carbons (Fsp3) is 0.462. The van der Waals surface area contributed by atoms with E-state index in [2.05, 4.69) is 10.0 Å². The van der Waals surface area contributed by atoms with Crippen LogP contribution >= 0.6 is 11.6 Å². The zero-order valence-electron chi connectivity index (χ0n) is 11.1. The quantitative estimate of drug-likeness (QED) is 0.888. The predicted molar refractivity (Wildman–Crippen MR) is 77.0 cm³/mol. The van der Waals surface area contributed by atoms with Crippen molar-refractivity contribution in [3.05, 3.63) is 28.8 Å². The van der Waals surface area contributed by atoms with Gasteiger partial charge in [0.2, 0.25) is 10.0 Å². The zero-order valence-corrected chi connectivity index (χ0v) is 12.7. The standard InChI is InChI=1S/C13H16ClN3O2S/c1-13(4-6-16-7-5-13)17-20(18,19)12-3-2-10(9-15)8-11(12)14/h2-3,8,16-17H,4-7H2,1H3. The number of benzene rings is 1. The Labute approximate surface area is 124 Å². The molecular weight excluding hydrogens is 298 g/mol. The van der Waals surface area contributed by atoms with Gasteiger partial charge in [0.05, 0.1) is 16.7 Å². The van der Waals surface area contributed by atoms with E-state index in [1.54, 1.807) is 0 Å². The highest BCUT2D eigenvalue weighted by atomic mass is 35.5. The summed E-state index contributed by atoms with van der Waals surface area (Å²) in [4.78, 5) is 0.0120. The Bertz CT molecular complexity index is 646. The number of hydrogen-bond acceptors (Lipinski definition) is 4. The van der Waals surface area contributed by atoms with Crippen LogP contribution < -0.4 is 10.0 Å². The van der Waals surface area contributed by atoms with Gasteiger partial charge in [0, 0.05) is 5.54 Å². The summed E-state index contributed by atoms with van der Waals surface area (Å²) in [6.07, 6.45) is 1.44. The van der Waals surface area contributed by atoms with E-state index in [4.69, 9.17) is 16.9 Å². The molecule has 0 aliphatic carbocycles. The normalized spacial score (nSPS) is 18.4. The molecular formula is C13H16ClN3O2S. The Morgan fingerprint density at radius 3 is 2.60 bits per heavy atom. The molecule has 2 rings (SSSR count). The van der Waals surface area contributed by atoms with Gasteiger partial charge in [0.25, 0.3) is 0 Å². The molecule has 1 aliphatic rings. The van der Waals surface area contributed by atoms with Crippen LogP contribution in [0.25, 0.3) is 0 Å². The molecule has 1 saturated heterocycles. The Morgan fingerprint density at radius 2 is 2.05 bits per heavy atom. The number of nitrogens with zero attached hydrogens (tertiary/aromatic N) is 1. The van der Waals surface area contributed by atoms with E-state index >= 15 is 0 Å². The maximum atomic E-state index is 12.4. The van der Waals surface area contributed by atoms with Gasteiger partial charge in [-0.2, -0.15) is 5.26 Å². The van der Waals surface area contributed by atoms with Crippen molar-refractivity contribution in [3.8, 4) is 6.07 Å². The fourth-order valence-electron chi connectivity index (χ4n) is 2.25. The molecule has 1 heterocycles. The molecule has 5 nitrogen and oxygen atoms in total. The summed E-state index contributed by atoms with van der Waals surface area (Å²) >= 11 is 5.97. The molecule has 0 bridgehead atoms. The molecule has 0 spiro atoms. The summed E-state index contributed by atoms with van der Waals surface area (Å²) in [5.41, 5.74) is -0.136. The Morgan fingerprint density at radius 1 is 1.40 bits per heavy atom.